The van der Waals surface area contributed by atoms with E-state index in [4.69, 9.17) is 15.2 Å². The van der Waals surface area contributed by atoms with Gasteiger partial charge in [-0.3, -0.25) is 0 Å². The summed E-state index contributed by atoms with van der Waals surface area (Å²) in [7, 11) is 0. The average Bonchev–Trinajstić information content (AvgIpc) is 2.23. The fourth-order valence-corrected chi connectivity index (χ4v) is 1.72. The molecule has 0 atom stereocenters. The zero-order chi connectivity index (χ0) is 10.9. The lowest BCUT2D eigenvalue weighted by Crippen LogP contribution is -2.46. The number of nitrogens with two attached hydrogens (primary N) is 1. The van der Waals surface area contributed by atoms with Gasteiger partial charge in [-0.25, -0.2) is 0 Å². The molecule has 2 N–H and O–H groups in total. The summed E-state index contributed by atoms with van der Waals surface area (Å²) in [5.74, 6) is -0.637. The third-order valence-corrected chi connectivity index (χ3v) is 2.69. The van der Waals surface area contributed by atoms with Crippen molar-refractivity contribution in [2.45, 2.75) is 25.7 Å². The molecule has 2 rings (SSSR count). The molecular weight excluding hydrogens is 190 g/mol. The highest BCUT2D eigenvalue weighted by Crippen LogP contribution is 2.30. The van der Waals surface area contributed by atoms with E-state index >= 15 is 0 Å². The molecule has 15 heavy (non-hydrogen) atoms. The summed E-state index contributed by atoms with van der Waals surface area (Å²) in [6.45, 7) is 5.09. The van der Waals surface area contributed by atoms with Gasteiger partial charge < -0.3 is 15.2 Å². The lowest BCUT2D eigenvalue weighted by molar-refractivity contribution is -0.270. The molecule has 0 aromatic heterocycles. The van der Waals surface area contributed by atoms with Crippen molar-refractivity contribution < 1.29 is 9.47 Å². The molecule has 0 saturated carbocycles. The number of rotatable bonds is 1. The van der Waals surface area contributed by atoms with Crippen molar-refractivity contribution in [1.29, 1.82) is 0 Å². The van der Waals surface area contributed by atoms with E-state index in [2.05, 4.69) is 19.1 Å². The quantitative estimate of drug-likeness (QED) is 0.759. The number of aryl methyl sites for hydroxylation is 1. The first-order valence-electron chi connectivity index (χ1n) is 5.21. The highest BCUT2D eigenvalue weighted by molar-refractivity contribution is 5.25. The predicted octanol–water partition coefficient (Wildman–Crippen LogP) is 1.54. The van der Waals surface area contributed by atoms with Gasteiger partial charge in [-0.1, -0.05) is 29.8 Å². The molecule has 0 amide bonds. The smallest absolute Gasteiger partial charge is 0.192 e. The van der Waals surface area contributed by atoms with Crippen LogP contribution in [0.5, 0.6) is 0 Å². The van der Waals surface area contributed by atoms with E-state index in [9.17, 15) is 0 Å². The van der Waals surface area contributed by atoms with Crippen molar-refractivity contribution >= 4 is 0 Å². The van der Waals surface area contributed by atoms with Crippen molar-refractivity contribution in [3.05, 3.63) is 35.4 Å². The first kappa shape index (κ1) is 10.6. The second-order valence-corrected chi connectivity index (χ2v) is 4.20. The minimum Gasteiger partial charge on any atom is -0.344 e. The van der Waals surface area contributed by atoms with Gasteiger partial charge in [-0.2, -0.15) is 0 Å². The fourth-order valence-electron chi connectivity index (χ4n) is 1.72. The Morgan fingerprint density at radius 1 is 1.33 bits per heavy atom. The number of ether oxygens (including phenoxy) is 2. The predicted molar refractivity (Wildman–Crippen MR) is 58.4 cm³/mol. The van der Waals surface area contributed by atoms with Crippen molar-refractivity contribution in [2.75, 3.05) is 13.2 Å². The van der Waals surface area contributed by atoms with E-state index in [1.165, 1.54) is 5.56 Å². The highest BCUT2D eigenvalue weighted by Gasteiger charge is 2.33. The Labute approximate surface area is 90.2 Å². The van der Waals surface area contributed by atoms with Gasteiger partial charge in [0.2, 0.25) is 0 Å². The van der Waals surface area contributed by atoms with E-state index in [1.54, 1.807) is 0 Å². The summed E-state index contributed by atoms with van der Waals surface area (Å²) < 4.78 is 11.3. The zero-order valence-electron chi connectivity index (χ0n) is 9.19. The van der Waals surface area contributed by atoms with E-state index in [0.717, 1.165) is 5.56 Å². The third-order valence-electron chi connectivity index (χ3n) is 2.69. The minimum absolute atomic E-state index is 0.0112. The van der Waals surface area contributed by atoms with Crippen LogP contribution in [0.25, 0.3) is 0 Å². The third kappa shape index (κ3) is 2.20. The molecule has 0 aliphatic carbocycles. The van der Waals surface area contributed by atoms with Gasteiger partial charge in [0.05, 0.1) is 19.3 Å². The Morgan fingerprint density at radius 3 is 2.60 bits per heavy atom. The molecule has 1 aliphatic rings. The molecule has 3 heteroatoms. The molecule has 0 radical (unpaired) electrons. The van der Waals surface area contributed by atoms with Crippen LogP contribution in [-0.2, 0) is 15.3 Å². The Bertz CT molecular complexity index is 343. The molecule has 1 fully saturated rings. The molecule has 1 aliphatic heterocycles. The molecule has 1 heterocycles. The average molecular weight is 207 g/mol. The molecule has 82 valence electrons. The van der Waals surface area contributed by atoms with Crippen LogP contribution >= 0.6 is 0 Å². The van der Waals surface area contributed by atoms with Gasteiger partial charge in [-0.15, -0.1) is 0 Å². The Morgan fingerprint density at radius 2 is 2.00 bits per heavy atom. The van der Waals surface area contributed by atoms with Crippen molar-refractivity contribution in [3.8, 4) is 0 Å². The van der Waals surface area contributed by atoms with Gasteiger partial charge in [-0.05, 0) is 13.8 Å². The van der Waals surface area contributed by atoms with Gasteiger partial charge in [0.1, 0.15) is 0 Å². The molecule has 3 nitrogen and oxygen atoms in total. The lowest BCUT2D eigenvalue weighted by atomic mass is 10.0. The molecule has 1 aromatic carbocycles. The molecule has 1 saturated heterocycles. The molecule has 0 bridgehead atoms. The monoisotopic (exact) mass is 207 g/mol. The van der Waals surface area contributed by atoms with Crippen LogP contribution in [0.4, 0.5) is 0 Å². The Kier molecular flexibility index (Phi) is 2.78. The molecule has 0 spiro atoms. The topological polar surface area (TPSA) is 44.5 Å². The van der Waals surface area contributed by atoms with Gasteiger partial charge >= 0.3 is 0 Å². The van der Waals surface area contributed by atoms with Crippen molar-refractivity contribution in [3.63, 3.8) is 0 Å². The standard InChI is InChI=1S/C12H17NO2/c1-9-4-3-5-10(6-9)12(2)14-7-11(13)8-15-12/h3-6,11H,7-8,13H2,1-2H3. The summed E-state index contributed by atoms with van der Waals surface area (Å²) in [4.78, 5) is 0. The second kappa shape index (κ2) is 3.93. The van der Waals surface area contributed by atoms with Crippen molar-refractivity contribution in [2.24, 2.45) is 5.73 Å². The van der Waals surface area contributed by atoms with Gasteiger partial charge in [0, 0.05) is 5.56 Å². The maximum Gasteiger partial charge on any atom is 0.192 e. The molecule has 1 aromatic rings. The normalized spacial score (nSPS) is 31.5. The first-order chi connectivity index (χ1) is 7.10. The first-order valence-corrected chi connectivity index (χ1v) is 5.21. The van der Waals surface area contributed by atoms with E-state index in [0.29, 0.717) is 13.2 Å². The van der Waals surface area contributed by atoms with E-state index in [1.807, 2.05) is 19.1 Å². The van der Waals surface area contributed by atoms with E-state index in [-0.39, 0.29) is 6.04 Å². The summed E-state index contributed by atoms with van der Waals surface area (Å²) in [6, 6.07) is 8.15. The number of hydrogen-bond donors (Lipinski definition) is 1. The van der Waals surface area contributed by atoms with Crippen LogP contribution in [0.15, 0.2) is 24.3 Å². The molecular formula is C12H17NO2. The van der Waals surface area contributed by atoms with Gasteiger partial charge in [0.25, 0.3) is 0 Å². The van der Waals surface area contributed by atoms with Crippen LogP contribution in [0.2, 0.25) is 0 Å². The van der Waals surface area contributed by atoms with Crippen LogP contribution < -0.4 is 5.73 Å². The van der Waals surface area contributed by atoms with Gasteiger partial charge in [0.15, 0.2) is 5.79 Å². The van der Waals surface area contributed by atoms with Crippen LogP contribution in [0, 0.1) is 6.92 Å². The summed E-state index contributed by atoms with van der Waals surface area (Å²) >= 11 is 0. The summed E-state index contributed by atoms with van der Waals surface area (Å²) in [5, 5.41) is 0. The van der Waals surface area contributed by atoms with Crippen molar-refractivity contribution in [1.82, 2.24) is 0 Å². The minimum atomic E-state index is -0.637. The lowest BCUT2D eigenvalue weighted by Gasteiger charge is -2.36. The largest absolute Gasteiger partial charge is 0.344 e. The van der Waals surface area contributed by atoms with Crippen LogP contribution in [-0.4, -0.2) is 19.3 Å². The SMILES string of the molecule is Cc1cccc(C2(C)OCC(N)CO2)c1. The Balaban J connectivity index is 2.22. The highest BCUT2D eigenvalue weighted by atomic mass is 16.7. The summed E-state index contributed by atoms with van der Waals surface area (Å²) in [5.41, 5.74) is 7.97. The maximum atomic E-state index is 5.71. The van der Waals surface area contributed by atoms with Crippen LogP contribution in [0.1, 0.15) is 18.1 Å². The number of benzene rings is 1. The zero-order valence-corrected chi connectivity index (χ0v) is 9.19. The number of hydrogen-bond acceptors (Lipinski definition) is 3. The Hall–Kier alpha value is -0.900. The summed E-state index contributed by atoms with van der Waals surface area (Å²) in [6.07, 6.45) is 0. The second-order valence-electron chi connectivity index (χ2n) is 4.20. The molecule has 0 unspecified atom stereocenters. The van der Waals surface area contributed by atoms with Crippen LogP contribution in [0.3, 0.4) is 0 Å². The maximum absolute atomic E-state index is 5.71. The van der Waals surface area contributed by atoms with E-state index < -0.39 is 5.79 Å². The fraction of sp³-hybridized carbons (Fsp3) is 0.500.